The van der Waals surface area contributed by atoms with Crippen LogP contribution in [-0.4, -0.2) is 19.1 Å². The minimum atomic E-state index is 0.327. The van der Waals surface area contributed by atoms with E-state index in [1.165, 1.54) is 0 Å². The first kappa shape index (κ1) is 17.8. The van der Waals surface area contributed by atoms with E-state index >= 15 is 0 Å². The summed E-state index contributed by atoms with van der Waals surface area (Å²) in [6, 6.07) is 10.4. The molecule has 1 unspecified atom stereocenters. The molecule has 0 saturated heterocycles. The molecule has 0 radical (unpaired) electrons. The van der Waals surface area contributed by atoms with Crippen molar-refractivity contribution in [2.24, 2.45) is 5.92 Å². The van der Waals surface area contributed by atoms with E-state index in [0.717, 1.165) is 40.9 Å². The summed E-state index contributed by atoms with van der Waals surface area (Å²) >= 11 is 0. The lowest BCUT2D eigenvalue weighted by Crippen LogP contribution is -2.09. The van der Waals surface area contributed by atoms with Gasteiger partial charge in [0.2, 0.25) is 0 Å². The van der Waals surface area contributed by atoms with Gasteiger partial charge in [-0.15, -0.1) is 0 Å². The Kier molecular flexibility index (Phi) is 5.46. The van der Waals surface area contributed by atoms with Gasteiger partial charge >= 0.3 is 0 Å². The normalized spacial score (nSPS) is 11.8. The van der Waals surface area contributed by atoms with E-state index < -0.39 is 0 Å². The van der Waals surface area contributed by atoms with Gasteiger partial charge in [-0.3, -0.25) is 0 Å². The predicted molar refractivity (Wildman–Crippen MR) is 101 cm³/mol. The topological polar surface area (TPSA) is 65.9 Å². The van der Waals surface area contributed by atoms with E-state index in [4.69, 9.17) is 5.73 Å². The number of hydrogen-bond donors (Lipinski definition) is 1. The molecule has 0 aliphatic rings. The van der Waals surface area contributed by atoms with Crippen LogP contribution in [-0.2, 0) is 6.42 Å². The molecule has 0 saturated carbocycles. The monoisotopic (exact) mass is 322 g/mol. The van der Waals surface area contributed by atoms with Crippen LogP contribution in [0.5, 0.6) is 0 Å². The molecule has 2 aromatic rings. The molecule has 1 aromatic carbocycles. The Morgan fingerprint density at radius 2 is 1.88 bits per heavy atom. The highest BCUT2D eigenvalue weighted by atomic mass is 15.1. The van der Waals surface area contributed by atoms with Gasteiger partial charge in [-0.2, -0.15) is 5.26 Å². The third-order valence-corrected chi connectivity index (χ3v) is 4.59. The summed E-state index contributed by atoms with van der Waals surface area (Å²) in [7, 11) is 4.02. The smallest absolute Gasteiger partial charge is 0.142 e. The summed E-state index contributed by atoms with van der Waals surface area (Å²) in [6.07, 6.45) is 1.97. The molecule has 2 N–H and O–H groups in total. The van der Waals surface area contributed by atoms with Crippen LogP contribution in [0.3, 0.4) is 0 Å². The molecule has 4 nitrogen and oxygen atoms in total. The summed E-state index contributed by atoms with van der Waals surface area (Å²) in [5.74, 6) is 0.862. The zero-order chi connectivity index (χ0) is 17.9. The fourth-order valence-corrected chi connectivity index (χ4v) is 2.82. The second kappa shape index (κ2) is 7.35. The zero-order valence-electron chi connectivity index (χ0n) is 15.2. The average Bonchev–Trinajstić information content (AvgIpc) is 2.57. The fraction of sp³-hybridized carbons (Fsp3) is 0.400. The second-order valence-corrected chi connectivity index (χ2v) is 6.59. The number of hydrogen-bond acceptors (Lipinski definition) is 4. The highest BCUT2D eigenvalue weighted by molar-refractivity contribution is 5.79. The summed E-state index contributed by atoms with van der Waals surface area (Å²) in [5.41, 5.74) is 11.7. The van der Waals surface area contributed by atoms with Gasteiger partial charge in [0.15, 0.2) is 0 Å². The molecule has 1 heterocycles. The third-order valence-electron chi connectivity index (χ3n) is 4.59. The van der Waals surface area contributed by atoms with Gasteiger partial charge in [0.05, 0.1) is 0 Å². The van der Waals surface area contributed by atoms with Gasteiger partial charge in [-0.1, -0.05) is 32.4 Å². The van der Waals surface area contributed by atoms with Crippen molar-refractivity contribution < 1.29 is 0 Å². The van der Waals surface area contributed by atoms with E-state index in [0.29, 0.717) is 17.3 Å². The predicted octanol–water partition coefficient (Wildman–Crippen LogP) is 4.17. The van der Waals surface area contributed by atoms with Gasteiger partial charge in [-0.05, 0) is 42.5 Å². The van der Waals surface area contributed by atoms with Crippen LogP contribution >= 0.6 is 0 Å². The maximum Gasteiger partial charge on any atom is 0.142 e. The summed E-state index contributed by atoms with van der Waals surface area (Å²) in [4.78, 5) is 6.56. The van der Waals surface area contributed by atoms with Crippen molar-refractivity contribution in [3.05, 3.63) is 41.1 Å². The number of nitriles is 1. The van der Waals surface area contributed by atoms with Crippen molar-refractivity contribution in [3.8, 4) is 17.2 Å². The summed E-state index contributed by atoms with van der Waals surface area (Å²) < 4.78 is 0. The van der Waals surface area contributed by atoms with Crippen LogP contribution < -0.4 is 10.6 Å². The molecule has 24 heavy (non-hydrogen) atoms. The Balaban J connectivity index is 2.60. The first-order chi connectivity index (χ1) is 11.4. The van der Waals surface area contributed by atoms with Crippen LogP contribution in [0.4, 0.5) is 11.5 Å². The number of rotatable bonds is 5. The van der Waals surface area contributed by atoms with Crippen molar-refractivity contribution >= 4 is 11.5 Å². The molecular formula is C20H26N4. The van der Waals surface area contributed by atoms with Crippen LogP contribution in [0, 0.1) is 24.2 Å². The summed E-state index contributed by atoms with van der Waals surface area (Å²) in [6.45, 7) is 6.43. The fourth-order valence-electron chi connectivity index (χ4n) is 2.82. The summed E-state index contributed by atoms with van der Waals surface area (Å²) in [5, 5.41) is 9.57. The number of nitrogens with two attached hydrogens (primary N) is 1. The minimum absolute atomic E-state index is 0.327. The quantitative estimate of drug-likeness (QED) is 0.897. The number of nitrogens with zero attached hydrogens (tertiary/aromatic N) is 3. The number of benzene rings is 1. The molecule has 1 atom stereocenters. The maximum absolute atomic E-state index is 9.57. The number of nitrogen functional groups attached to an aromatic ring is 1. The largest absolute Gasteiger partial charge is 0.383 e. The van der Waals surface area contributed by atoms with Gasteiger partial charge in [0.25, 0.3) is 0 Å². The van der Waals surface area contributed by atoms with Crippen molar-refractivity contribution in [1.29, 1.82) is 5.26 Å². The van der Waals surface area contributed by atoms with Crippen molar-refractivity contribution in [2.75, 3.05) is 24.7 Å². The molecule has 0 aliphatic carbocycles. The van der Waals surface area contributed by atoms with Crippen LogP contribution in [0.25, 0.3) is 11.1 Å². The standard InChI is InChI=1S/C20H26N4/c1-6-13(2)11-18-14(3)19(17(12-21)20(22)23-18)15-7-9-16(10-8-15)24(4)5/h7-10,13H,6,11H2,1-5H3,(H2,22,23). The van der Waals surface area contributed by atoms with E-state index in [-0.39, 0.29) is 0 Å². The van der Waals surface area contributed by atoms with E-state index in [1.807, 2.05) is 33.2 Å². The van der Waals surface area contributed by atoms with Gasteiger partial charge < -0.3 is 10.6 Å². The molecule has 0 amide bonds. The van der Waals surface area contributed by atoms with Crippen LogP contribution in [0.2, 0.25) is 0 Å². The van der Waals surface area contributed by atoms with Crippen LogP contribution in [0.15, 0.2) is 24.3 Å². The molecule has 2 rings (SSSR count). The first-order valence-electron chi connectivity index (χ1n) is 8.35. The molecule has 0 aliphatic heterocycles. The van der Waals surface area contributed by atoms with Crippen LogP contribution in [0.1, 0.15) is 37.1 Å². The molecule has 0 spiro atoms. The Morgan fingerprint density at radius 3 is 2.38 bits per heavy atom. The molecule has 126 valence electrons. The zero-order valence-corrected chi connectivity index (χ0v) is 15.2. The van der Waals surface area contributed by atoms with Crippen molar-refractivity contribution in [1.82, 2.24) is 4.98 Å². The SMILES string of the molecule is CCC(C)Cc1nc(N)c(C#N)c(-c2ccc(N(C)C)cc2)c1C. The third kappa shape index (κ3) is 3.51. The Hall–Kier alpha value is -2.54. The maximum atomic E-state index is 9.57. The van der Waals surface area contributed by atoms with E-state index in [9.17, 15) is 5.26 Å². The number of anilines is 2. The number of aromatic nitrogens is 1. The Labute approximate surface area is 144 Å². The van der Waals surface area contributed by atoms with Gasteiger partial charge in [0.1, 0.15) is 17.5 Å². The highest BCUT2D eigenvalue weighted by Gasteiger charge is 2.18. The minimum Gasteiger partial charge on any atom is -0.383 e. The molecule has 0 bridgehead atoms. The van der Waals surface area contributed by atoms with E-state index in [1.54, 1.807) is 0 Å². The lowest BCUT2D eigenvalue weighted by atomic mass is 9.91. The average molecular weight is 322 g/mol. The first-order valence-corrected chi connectivity index (χ1v) is 8.35. The van der Waals surface area contributed by atoms with Crippen molar-refractivity contribution in [3.63, 3.8) is 0 Å². The van der Waals surface area contributed by atoms with Gasteiger partial charge in [-0.25, -0.2) is 4.98 Å². The molecule has 1 aromatic heterocycles. The van der Waals surface area contributed by atoms with Crippen molar-refractivity contribution in [2.45, 2.75) is 33.6 Å². The molecule has 4 heteroatoms. The lowest BCUT2D eigenvalue weighted by Gasteiger charge is -2.18. The molecule has 0 fully saturated rings. The molecular weight excluding hydrogens is 296 g/mol. The lowest BCUT2D eigenvalue weighted by molar-refractivity contribution is 0.551. The highest BCUT2D eigenvalue weighted by Crippen LogP contribution is 2.33. The Morgan fingerprint density at radius 1 is 1.25 bits per heavy atom. The van der Waals surface area contributed by atoms with Gasteiger partial charge in [0, 0.05) is 31.0 Å². The van der Waals surface area contributed by atoms with E-state index in [2.05, 4.69) is 41.9 Å². The number of pyridine rings is 1. The second-order valence-electron chi connectivity index (χ2n) is 6.59. The Bertz CT molecular complexity index is 755.